The zero-order valence-corrected chi connectivity index (χ0v) is 33.2. The van der Waals surface area contributed by atoms with Gasteiger partial charge in [0.15, 0.2) is 11.6 Å². The summed E-state index contributed by atoms with van der Waals surface area (Å²) in [4.78, 5) is 28.0. The largest absolute Gasteiger partial charge is 0.390 e. The first-order valence-electron chi connectivity index (χ1n) is 22.3. The number of hydrogen-bond donors (Lipinski definition) is 1. The Bertz CT molecular complexity index is 1500. The molecule has 0 saturated heterocycles. The topological polar surface area (TPSA) is 72.4 Å². The van der Waals surface area contributed by atoms with Gasteiger partial charge in [0, 0.05) is 25.6 Å². The number of hydrogen-bond acceptors (Lipinski definition) is 4. The van der Waals surface area contributed by atoms with Crippen LogP contribution in [0, 0.1) is 87.8 Å². The molecule has 1 heterocycles. The number of aromatic nitrogens is 2. The predicted molar refractivity (Wildman–Crippen MR) is 202 cm³/mol. The van der Waals surface area contributed by atoms with E-state index in [2.05, 4.69) is 29.9 Å². The number of Topliss-reactive ketones (excluding diaryl/α,β-unsaturated/α-hetero) is 2. The maximum Gasteiger partial charge on any atom is 0.244 e. The number of ether oxygens (including phenoxy) is 1. The van der Waals surface area contributed by atoms with Crippen molar-refractivity contribution in [2.45, 2.75) is 155 Å². The number of carbonyl (C=O) groups is 2. The SMILES string of the molecule is COCC1CCC2(C)C(CCC3C2CCC2(C)C(C(=O)C[n+]4ccn(CC(=O)C5CCC6C5CCC5C7CC[C@@](C)(O)CC7CCC56)c4)CCC32)C1. The summed E-state index contributed by atoms with van der Waals surface area (Å²) in [5.41, 5.74) is 0.158. The average Bonchev–Trinajstić information content (AvgIpc) is 3.84. The summed E-state index contributed by atoms with van der Waals surface area (Å²) < 4.78 is 9.72. The molecule has 16 atom stereocenters. The summed E-state index contributed by atoms with van der Waals surface area (Å²) in [6, 6.07) is 0. The van der Waals surface area contributed by atoms with Crippen molar-refractivity contribution in [1.82, 2.24) is 4.57 Å². The lowest BCUT2D eigenvalue weighted by molar-refractivity contribution is -0.684. The Hall–Kier alpha value is -1.53. The van der Waals surface area contributed by atoms with E-state index in [1.807, 2.05) is 25.8 Å². The van der Waals surface area contributed by atoms with Crippen LogP contribution in [0.4, 0.5) is 0 Å². The van der Waals surface area contributed by atoms with Crippen molar-refractivity contribution >= 4 is 11.6 Å². The molecule has 1 N–H and O–H groups in total. The number of fused-ring (bicyclic) bond motifs is 10. The molecule has 0 radical (unpaired) electrons. The summed E-state index contributed by atoms with van der Waals surface area (Å²) in [7, 11) is 1.87. The van der Waals surface area contributed by atoms with E-state index in [1.165, 1.54) is 89.9 Å². The molecule has 0 aliphatic heterocycles. The number of ketones is 2. The fraction of sp³-hybridized carbons (Fsp3) is 0.891. The molecule has 1 aromatic rings. The average molecular weight is 716 g/mol. The van der Waals surface area contributed by atoms with Crippen LogP contribution in [0.15, 0.2) is 18.7 Å². The molecular formula is C46H71N2O4+. The van der Waals surface area contributed by atoms with Crippen LogP contribution < -0.4 is 4.57 Å². The van der Waals surface area contributed by atoms with Gasteiger partial charge in [0.2, 0.25) is 6.33 Å². The Labute approximate surface area is 314 Å². The van der Waals surface area contributed by atoms with Gasteiger partial charge >= 0.3 is 0 Å². The first-order valence-corrected chi connectivity index (χ1v) is 22.3. The molecule has 9 rings (SSSR count). The molecule has 15 unspecified atom stereocenters. The van der Waals surface area contributed by atoms with Gasteiger partial charge in [-0.15, -0.1) is 0 Å². The maximum absolute atomic E-state index is 14.1. The van der Waals surface area contributed by atoms with Gasteiger partial charge in [-0.1, -0.05) is 13.8 Å². The van der Waals surface area contributed by atoms with Crippen LogP contribution in [0.3, 0.4) is 0 Å². The van der Waals surface area contributed by atoms with Crippen molar-refractivity contribution in [3.05, 3.63) is 18.7 Å². The van der Waals surface area contributed by atoms with Crippen LogP contribution in [-0.4, -0.2) is 40.6 Å². The van der Waals surface area contributed by atoms with Crippen LogP contribution >= 0.6 is 0 Å². The monoisotopic (exact) mass is 716 g/mol. The highest BCUT2D eigenvalue weighted by Crippen LogP contribution is 2.68. The summed E-state index contributed by atoms with van der Waals surface area (Å²) in [6.07, 6.45) is 28.3. The number of aliphatic hydroxyl groups is 1. The Morgan fingerprint density at radius 1 is 0.750 bits per heavy atom. The van der Waals surface area contributed by atoms with Gasteiger partial charge in [-0.25, -0.2) is 9.13 Å². The van der Waals surface area contributed by atoms with Crippen molar-refractivity contribution < 1.29 is 24.0 Å². The molecule has 0 aromatic carbocycles. The van der Waals surface area contributed by atoms with E-state index in [9.17, 15) is 14.7 Å². The Morgan fingerprint density at radius 2 is 1.46 bits per heavy atom. The fourth-order valence-corrected chi connectivity index (χ4v) is 16.6. The maximum atomic E-state index is 14.1. The second-order valence-corrected chi connectivity index (χ2v) is 21.3. The molecule has 52 heavy (non-hydrogen) atoms. The van der Waals surface area contributed by atoms with Gasteiger partial charge < -0.3 is 9.84 Å². The van der Waals surface area contributed by atoms with Gasteiger partial charge in [0.1, 0.15) is 25.5 Å². The predicted octanol–water partition coefficient (Wildman–Crippen LogP) is 8.47. The molecule has 1 aromatic heterocycles. The third-order valence-corrected chi connectivity index (χ3v) is 19.0. The first-order chi connectivity index (χ1) is 25.0. The van der Waals surface area contributed by atoms with E-state index < -0.39 is 5.60 Å². The van der Waals surface area contributed by atoms with Crippen molar-refractivity contribution in [3.63, 3.8) is 0 Å². The van der Waals surface area contributed by atoms with Gasteiger partial charge in [-0.2, -0.15) is 0 Å². The highest BCUT2D eigenvalue weighted by molar-refractivity contribution is 5.82. The third kappa shape index (κ3) is 6.04. The molecule has 0 spiro atoms. The quantitative estimate of drug-likeness (QED) is 0.274. The second-order valence-electron chi connectivity index (χ2n) is 21.3. The fourth-order valence-electron chi connectivity index (χ4n) is 16.6. The van der Waals surface area contributed by atoms with Crippen LogP contribution in [0.5, 0.6) is 0 Å². The van der Waals surface area contributed by atoms with Gasteiger partial charge in [-0.05, 0) is 198 Å². The number of imidazole rings is 1. The molecule has 8 saturated carbocycles. The standard InChI is InChI=1S/C46H71N2O4/c1-44(51)18-16-32-30(24-44)5-7-34-33(32)9-10-36-35(34)11-12-37(36)42(49)25-47-21-22-48(28-47)26-43(50)41-14-13-39-38-8-6-31-23-29(27-52-4)15-19-45(31,2)40(38)17-20-46(39,41)3/h21-22,28-41,51H,5-20,23-27H2,1-4H3/q+1/t29?,30?,31?,32?,33?,34?,35?,36?,37?,38?,39?,40?,41?,44-,45?,46?/m1/s1. The lowest BCUT2D eigenvalue weighted by Gasteiger charge is -2.61. The number of rotatable bonds is 8. The minimum atomic E-state index is -0.459. The summed E-state index contributed by atoms with van der Waals surface area (Å²) in [5.74, 6) is 9.55. The zero-order valence-electron chi connectivity index (χ0n) is 33.2. The molecular weight excluding hydrogens is 645 g/mol. The van der Waals surface area contributed by atoms with Crippen molar-refractivity contribution in [2.24, 2.45) is 87.8 Å². The Balaban J connectivity index is 0.796. The van der Waals surface area contributed by atoms with Crippen LogP contribution in [0.25, 0.3) is 0 Å². The van der Waals surface area contributed by atoms with Crippen molar-refractivity contribution in [1.29, 1.82) is 0 Å². The van der Waals surface area contributed by atoms with Crippen molar-refractivity contribution in [2.75, 3.05) is 13.7 Å². The highest BCUT2D eigenvalue weighted by Gasteiger charge is 2.61. The summed E-state index contributed by atoms with van der Waals surface area (Å²) >= 11 is 0. The minimum absolute atomic E-state index is 0.140. The molecule has 6 heteroatoms. The Kier molecular flexibility index (Phi) is 9.44. The lowest BCUT2D eigenvalue weighted by atomic mass is 9.44. The van der Waals surface area contributed by atoms with Gasteiger partial charge in [-0.3, -0.25) is 9.59 Å². The van der Waals surface area contributed by atoms with E-state index in [4.69, 9.17) is 4.74 Å². The summed E-state index contributed by atoms with van der Waals surface area (Å²) in [5, 5.41) is 10.8. The highest BCUT2D eigenvalue weighted by atomic mass is 16.5. The number of nitrogens with zero attached hydrogens (tertiary/aromatic N) is 2. The van der Waals surface area contributed by atoms with E-state index >= 15 is 0 Å². The molecule has 288 valence electrons. The zero-order chi connectivity index (χ0) is 36.0. The van der Waals surface area contributed by atoms with Crippen LogP contribution in [0.2, 0.25) is 0 Å². The molecule has 8 aliphatic carbocycles. The summed E-state index contributed by atoms with van der Waals surface area (Å²) in [6.45, 7) is 9.01. The second kappa shape index (κ2) is 13.6. The molecule has 8 aliphatic rings. The van der Waals surface area contributed by atoms with E-state index in [1.54, 1.807) is 0 Å². The minimum Gasteiger partial charge on any atom is -0.390 e. The smallest absolute Gasteiger partial charge is 0.244 e. The number of carbonyl (C=O) groups excluding carboxylic acids is 2. The van der Waals surface area contributed by atoms with Gasteiger partial charge in [0.05, 0.1) is 5.60 Å². The third-order valence-electron chi connectivity index (χ3n) is 19.0. The molecule has 8 fully saturated rings. The van der Waals surface area contributed by atoms with Crippen LogP contribution in [-0.2, 0) is 27.4 Å². The lowest BCUT2D eigenvalue weighted by Crippen LogP contribution is -2.54. The van der Waals surface area contributed by atoms with Crippen LogP contribution in [0.1, 0.15) is 136 Å². The molecule has 6 nitrogen and oxygen atoms in total. The Morgan fingerprint density at radius 3 is 2.31 bits per heavy atom. The normalized spacial score (nSPS) is 49.5. The first kappa shape index (κ1) is 36.1. The van der Waals surface area contributed by atoms with Gasteiger partial charge in [0.25, 0.3) is 0 Å². The van der Waals surface area contributed by atoms with E-state index in [-0.39, 0.29) is 17.3 Å². The van der Waals surface area contributed by atoms with Crippen molar-refractivity contribution in [3.8, 4) is 0 Å². The van der Waals surface area contributed by atoms with E-state index in [0.29, 0.717) is 47.8 Å². The molecule has 0 bridgehead atoms. The molecule has 0 amide bonds. The number of methoxy groups -OCH3 is 1. The van der Waals surface area contributed by atoms with E-state index in [0.717, 1.165) is 79.6 Å².